The Morgan fingerprint density at radius 2 is 1.80 bits per heavy atom. The van der Waals surface area contributed by atoms with E-state index in [9.17, 15) is 4.79 Å². The summed E-state index contributed by atoms with van der Waals surface area (Å²) in [5.74, 6) is 0.973. The van der Waals surface area contributed by atoms with E-state index in [1.54, 1.807) is 7.11 Å². The molecule has 0 saturated carbocycles. The first-order valence-electron chi connectivity index (χ1n) is 6.44. The van der Waals surface area contributed by atoms with Crippen LogP contribution in [0.3, 0.4) is 0 Å². The van der Waals surface area contributed by atoms with Crippen LogP contribution in [0.25, 0.3) is 0 Å². The monoisotopic (exact) mass is 332 g/mol. The van der Waals surface area contributed by atoms with Crippen molar-refractivity contribution in [1.29, 1.82) is 0 Å². The first-order chi connectivity index (χ1) is 9.51. The summed E-state index contributed by atoms with van der Waals surface area (Å²) in [6.07, 6.45) is 0.407. The van der Waals surface area contributed by atoms with Gasteiger partial charge in [0, 0.05) is 16.5 Å². The summed E-state index contributed by atoms with van der Waals surface area (Å²) in [5.41, 5.74) is 3.73. The molecule has 0 N–H and O–H groups in total. The maximum Gasteiger partial charge on any atom is 0.167 e. The predicted octanol–water partition coefficient (Wildman–Crippen LogP) is 4.50. The Morgan fingerprint density at radius 3 is 2.35 bits per heavy atom. The zero-order chi connectivity index (χ0) is 14.7. The van der Waals surface area contributed by atoms with Gasteiger partial charge in [-0.05, 0) is 54.8 Å². The highest BCUT2D eigenvalue weighted by Crippen LogP contribution is 2.25. The highest BCUT2D eigenvalue weighted by Gasteiger charge is 2.12. The first-order valence-corrected chi connectivity index (χ1v) is 7.23. The third-order valence-electron chi connectivity index (χ3n) is 3.24. The summed E-state index contributed by atoms with van der Waals surface area (Å²) in [5, 5.41) is 0. The molecular weight excluding hydrogens is 316 g/mol. The molecule has 104 valence electrons. The van der Waals surface area contributed by atoms with Gasteiger partial charge in [0.15, 0.2) is 5.78 Å². The highest BCUT2D eigenvalue weighted by atomic mass is 79.9. The summed E-state index contributed by atoms with van der Waals surface area (Å²) in [6, 6.07) is 11.6. The Hall–Kier alpha value is -1.61. The summed E-state index contributed by atoms with van der Waals surface area (Å²) < 4.78 is 6.32. The average molecular weight is 333 g/mol. The van der Waals surface area contributed by atoms with Crippen LogP contribution in [-0.2, 0) is 6.42 Å². The first kappa shape index (κ1) is 14.8. The molecule has 0 bridgehead atoms. The molecule has 0 aliphatic rings. The van der Waals surface area contributed by atoms with Crippen LogP contribution >= 0.6 is 15.9 Å². The molecule has 20 heavy (non-hydrogen) atoms. The number of carbonyl (C=O) groups excluding carboxylic acids is 1. The predicted molar refractivity (Wildman–Crippen MR) is 84.6 cm³/mol. The van der Waals surface area contributed by atoms with Gasteiger partial charge < -0.3 is 4.74 Å². The highest BCUT2D eigenvalue weighted by molar-refractivity contribution is 9.10. The Bertz CT molecular complexity index is 624. The number of Topliss-reactive ketones (excluding diaryl/α,β-unsaturated/α-hetero) is 1. The van der Waals surface area contributed by atoms with Gasteiger partial charge in [-0.3, -0.25) is 4.79 Å². The fourth-order valence-electron chi connectivity index (χ4n) is 2.37. The number of hydrogen-bond acceptors (Lipinski definition) is 2. The fraction of sp³-hybridized carbons (Fsp3) is 0.235. The van der Waals surface area contributed by atoms with E-state index in [2.05, 4.69) is 15.9 Å². The van der Waals surface area contributed by atoms with Crippen LogP contribution in [0, 0.1) is 13.8 Å². The molecule has 3 heteroatoms. The van der Waals surface area contributed by atoms with Gasteiger partial charge in [-0.15, -0.1) is 0 Å². The molecule has 2 rings (SSSR count). The van der Waals surface area contributed by atoms with Crippen molar-refractivity contribution >= 4 is 21.7 Å². The van der Waals surface area contributed by atoms with Crippen LogP contribution in [0.5, 0.6) is 5.75 Å². The molecule has 0 heterocycles. The lowest BCUT2D eigenvalue weighted by Crippen LogP contribution is -2.05. The molecule has 0 aromatic heterocycles. The van der Waals surface area contributed by atoms with Crippen molar-refractivity contribution in [2.24, 2.45) is 0 Å². The second-order valence-corrected chi connectivity index (χ2v) is 5.79. The maximum absolute atomic E-state index is 12.4. The molecule has 0 amide bonds. The molecule has 0 atom stereocenters. The molecule has 2 nitrogen and oxygen atoms in total. The molecule has 2 aromatic rings. The number of hydrogen-bond donors (Lipinski definition) is 0. The Kier molecular flexibility index (Phi) is 4.61. The van der Waals surface area contributed by atoms with Crippen LogP contribution in [0.15, 0.2) is 40.9 Å². The number of ketones is 1. The summed E-state index contributed by atoms with van der Waals surface area (Å²) in [7, 11) is 1.65. The van der Waals surface area contributed by atoms with Gasteiger partial charge in [-0.1, -0.05) is 28.1 Å². The molecule has 0 radical (unpaired) electrons. The van der Waals surface area contributed by atoms with Crippen LogP contribution in [0.2, 0.25) is 0 Å². The van der Waals surface area contributed by atoms with Crippen LogP contribution in [0.4, 0.5) is 0 Å². The van der Waals surface area contributed by atoms with Crippen molar-refractivity contribution in [2.75, 3.05) is 7.11 Å². The van der Waals surface area contributed by atoms with Gasteiger partial charge in [0.25, 0.3) is 0 Å². The second kappa shape index (κ2) is 6.23. The molecule has 0 aliphatic carbocycles. The summed E-state index contributed by atoms with van der Waals surface area (Å²) in [4.78, 5) is 12.4. The van der Waals surface area contributed by atoms with Gasteiger partial charge in [0.1, 0.15) is 5.75 Å². The number of ether oxygens (including phenoxy) is 1. The van der Waals surface area contributed by atoms with E-state index < -0.39 is 0 Å². The van der Waals surface area contributed by atoms with E-state index in [0.29, 0.717) is 6.42 Å². The minimum Gasteiger partial charge on any atom is -0.496 e. The number of benzene rings is 2. The molecule has 0 unspecified atom stereocenters. The number of carbonyl (C=O) groups is 1. The zero-order valence-corrected chi connectivity index (χ0v) is 13.5. The molecule has 0 spiro atoms. The molecule has 2 aromatic carbocycles. The summed E-state index contributed by atoms with van der Waals surface area (Å²) >= 11 is 3.42. The lowest BCUT2D eigenvalue weighted by Gasteiger charge is -2.11. The molecule has 0 aliphatic heterocycles. The van der Waals surface area contributed by atoms with Crippen molar-refractivity contribution < 1.29 is 9.53 Å². The van der Waals surface area contributed by atoms with Crippen molar-refractivity contribution in [3.05, 3.63) is 63.1 Å². The minimum atomic E-state index is 0.122. The second-order valence-electron chi connectivity index (χ2n) is 4.87. The lowest BCUT2D eigenvalue weighted by molar-refractivity contribution is 0.0993. The van der Waals surface area contributed by atoms with E-state index in [0.717, 1.165) is 32.5 Å². The quantitative estimate of drug-likeness (QED) is 0.770. The van der Waals surface area contributed by atoms with Gasteiger partial charge in [0.2, 0.25) is 0 Å². The molecule has 0 fully saturated rings. The Labute approximate surface area is 127 Å². The number of methoxy groups -OCH3 is 1. The standard InChI is InChI=1S/C17H17BrO2/c1-11-7-14(8-12(2)17(11)20-3)16(19)10-13-5-4-6-15(18)9-13/h4-9H,10H2,1-3H3. The number of halogens is 1. The van der Waals surface area contributed by atoms with E-state index in [-0.39, 0.29) is 5.78 Å². The third kappa shape index (κ3) is 3.28. The van der Waals surface area contributed by atoms with E-state index in [1.165, 1.54) is 0 Å². The van der Waals surface area contributed by atoms with Crippen molar-refractivity contribution in [3.8, 4) is 5.75 Å². The number of rotatable bonds is 4. The van der Waals surface area contributed by atoms with Crippen LogP contribution < -0.4 is 4.74 Å². The lowest BCUT2D eigenvalue weighted by atomic mass is 9.99. The largest absolute Gasteiger partial charge is 0.496 e. The minimum absolute atomic E-state index is 0.122. The molecule has 0 saturated heterocycles. The van der Waals surface area contributed by atoms with Crippen molar-refractivity contribution in [3.63, 3.8) is 0 Å². The third-order valence-corrected chi connectivity index (χ3v) is 3.73. The normalized spacial score (nSPS) is 10.4. The van der Waals surface area contributed by atoms with Crippen LogP contribution in [-0.4, -0.2) is 12.9 Å². The van der Waals surface area contributed by atoms with Gasteiger partial charge in [0.05, 0.1) is 7.11 Å². The zero-order valence-electron chi connectivity index (χ0n) is 11.9. The van der Waals surface area contributed by atoms with Crippen molar-refractivity contribution in [1.82, 2.24) is 0 Å². The van der Waals surface area contributed by atoms with Gasteiger partial charge in [-0.25, -0.2) is 0 Å². The van der Waals surface area contributed by atoms with E-state index >= 15 is 0 Å². The van der Waals surface area contributed by atoms with Crippen LogP contribution in [0.1, 0.15) is 27.0 Å². The van der Waals surface area contributed by atoms with Gasteiger partial charge in [-0.2, -0.15) is 0 Å². The van der Waals surface area contributed by atoms with E-state index in [1.807, 2.05) is 50.2 Å². The maximum atomic E-state index is 12.4. The topological polar surface area (TPSA) is 26.3 Å². The van der Waals surface area contributed by atoms with Gasteiger partial charge >= 0.3 is 0 Å². The van der Waals surface area contributed by atoms with Crippen molar-refractivity contribution in [2.45, 2.75) is 20.3 Å². The molecular formula is C17H17BrO2. The Morgan fingerprint density at radius 1 is 1.15 bits per heavy atom. The Balaban J connectivity index is 2.26. The number of aryl methyl sites for hydroxylation is 2. The summed E-state index contributed by atoms with van der Waals surface area (Å²) in [6.45, 7) is 3.92. The van der Waals surface area contributed by atoms with E-state index in [4.69, 9.17) is 4.74 Å². The fourth-order valence-corrected chi connectivity index (χ4v) is 2.81. The smallest absolute Gasteiger partial charge is 0.167 e. The average Bonchev–Trinajstić information content (AvgIpc) is 2.38. The SMILES string of the molecule is COc1c(C)cc(C(=O)Cc2cccc(Br)c2)cc1C.